The van der Waals surface area contributed by atoms with Crippen LogP contribution >= 0.6 is 0 Å². The SMILES string of the molecule is CC(=O)OCCCc1ccc(C(O)c2ccc(CN)cc2)cc1. The maximum atomic E-state index is 10.7. The lowest BCUT2D eigenvalue weighted by atomic mass is 9.98. The molecule has 0 amide bonds. The van der Waals surface area contributed by atoms with Gasteiger partial charge in [-0.2, -0.15) is 0 Å². The number of ether oxygens (including phenoxy) is 1. The van der Waals surface area contributed by atoms with Gasteiger partial charge in [0.15, 0.2) is 0 Å². The maximum absolute atomic E-state index is 10.7. The molecule has 0 heterocycles. The Labute approximate surface area is 136 Å². The van der Waals surface area contributed by atoms with Gasteiger partial charge in [-0.05, 0) is 35.1 Å². The zero-order valence-electron chi connectivity index (χ0n) is 13.4. The number of hydrogen-bond donors (Lipinski definition) is 2. The molecular weight excluding hydrogens is 290 g/mol. The second-order valence-electron chi connectivity index (χ2n) is 5.53. The third-order valence-corrected chi connectivity index (χ3v) is 3.74. The number of nitrogens with two attached hydrogens (primary N) is 1. The number of benzene rings is 2. The van der Waals surface area contributed by atoms with E-state index in [2.05, 4.69) is 0 Å². The molecule has 0 aromatic heterocycles. The molecule has 0 aliphatic rings. The number of aliphatic hydroxyl groups is 1. The number of rotatable bonds is 7. The fourth-order valence-electron chi connectivity index (χ4n) is 2.39. The Hall–Kier alpha value is -2.17. The molecular formula is C19H23NO3. The molecule has 0 spiro atoms. The van der Waals surface area contributed by atoms with E-state index in [1.165, 1.54) is 6.92 Å². The number of aryl methyl sites for hydroxylation is 1. The Morgan fingerprint density at radius 2 is 1.57 bits per heavy atom. The van der Waals surface area contributed by atoms with E-state index in [0.29, 0.717) is 13.2 Å². The highest BCUT2D eigenvalue weighted by atomic mass is 16.5. The summed E-state index contributed by atoms with van der Waals surface area (Å²) in [6, 6.07) is 15.5. The predicted octanol–water partition coefficient (Wildman–Crippen LogP) is 2.72. The molecule has 0 saturated carbocycles. The summed E-state index contributed by atoms with van der Waals surface area (Å²) in [4.78, 5) is 10.7. The predicted molar refractivity (Wildman–Crippen MR) is 89.8 cm³/mol. The van der Waals surface area contributed by atoms with Gasteiger partial charge in [-0.3, -0.25) is 4.79 Å². The number of esters is 1. The Bertz CT molecular complexity index is 620. The van der Waals surface area contributed by atoms with Crippen LogP contribution in [0.15, 0.2) is 48.5 Å². The quantitative estimate of drug-likeness (QED) is 0.609. The molecule has 3 N–H and O–H groups in total. The molecule has 1 atom stereocenters. The zero-order chi connectivity index (χ0) is 16.7. The Balaban J connectivity index is 1.93. The molecule has 2 aromatic carbocycles. The summed E-state index contributed by atoms with van der Waals surface area (Å²) >= 11 is 0. The second kappa shape index (κ2) is 8.46. The first kappa shape index (κ1) is 17.2. The maximum Gasteiger partial charge on any atom is 0.302 e. The van der Waals surface area contributed by atoms with Crippen LogP contribution in [0.25, 0.3) is 0 Å². The minimum Gasteiger partial charge on any atom is -0.466 e. The summed E-state index contributed by atoms with van der Waals surface area (Å²) in [6.45, 7) is 2.35. The molecule has 4 heteroatoms. The van der Waals surface area contributed by atoms with Crippen molar-refractivity contribution >= 4 is 5.97 Å². The van der Waals surface area contributed by atoms with Crippen LogP contribution in [0.5, 0.6) is 0 Å². The molecule has 0 radical (unpaired) electrons. The molecule has 2 aromatic rings. The summed E-state index contributed by atoms with van der Waals surface area (Å²) in [5, 5.41) is 10.4. The van der Waals surface area contributed by atoms with Crippen molar-refractivity contribution in [3.8, 4) is 0 Å². The van der Waals surface area contributed by atoms with Gasteiger partial charge in [-0.1, -0.05) is 48.5 Å². The average Bonchev–Trinajstić information content (AvgIpc) is 2.58. The number of carbonyl (C=O) groups excluding carboxylic acids is 1. The fourth-order valence-corrected chi connectivity index (χ4v) is 2.39. The van der Waals surface area contributed by atoms with Crippen LogP contribution in [0, 0.1) is 0 Å². The fraction of sp³-hybridized carbons (Fsp3) is 0.316. The molecule has 0 fully saturated rings. The van der Waals surface area contributed by atoms with Crippen molar-refractivity contribution in [1.82, 2.24) is 0 Å². The van der Waals surface area contributed by atoms with Crippen LogP contribution in [0.1, 0.15) is 41.7 Å². The highest BCUT2D eigenvalue weighted by Crippen LogP contribution is 2.22. The van der Waals surface area contributed by atoms with Crippen molar-refractivity contribution < 1.29 is 14.6 Å². The Morgan fingerprint density at radius 3 is 2.04 bits per heavy atom. The van der Waals surface area contributed by atoms with Gasteiger partial charge in [0, 0.05) is 13.5 Å². The second-order valence-corrected chi connectivity index (χ2v) is 5.53. The first-order valence-corrected chi connectivity index (χ1v) is 7.79. The summed E-state index contributed by atoms with van der Waals surface area (Å²) in [7, 11) is 0. The van der Waals surface area contributed by atoms with Gasteiger partial charge in [0.2, 0.25) is 0 Å². The Morgan fingerprint density at radius 1 is 1.04 bits per heavy atom. The van der Waals surface area contributed by atoms with E-state index in [1.807, 2.05) is 48.5 Å². The lowest BCUT2D eigenvalue weighted by Gasteiger charge is -2.13. The van der Waals surface area contributed by atoms with Crippen LogP contribution in [-0.4, -0.2) is 17.7 Å². The van der Waals surface area contributed by atoms with Crippen LogP contribution in [0.3, 0.4) is 0 Å². The summed E-state index contributed by atoms with van der Waals surface area (Å²) < 4.78 is 4.91. The topological polar surface area (TPSA) is 72.5 Å². The molecule has 122 valence electrons. The normalized spacial score (nSPS) is 12.0. The lowest BCUT2D eigenvalue weighted by Crippen LogP contribution is -2.03. The van der Waals surface area contributed by atoms with Gasteiger partial charge in [0.05, 0.1) is 6.61 Å². The molecule has 23 heavy (non-hydrogen) atoms. The van der Waals surface area contributed by atoms with E-state index in [4.69, 9.17) is 10.5 Å². The van der Waals surface area contributed by atoms with E-state index in [0.717, 1.165) is 35.1 Å². The van der Waals surface area contributed by atoms with Crippen molar-refractivity contribution in [1.29, 1.82) is 0 Å². The summed E-state index contributed by atoms with van der Waals surface area (Å²) in [5.74, 6) is -0.246. The third kappa shape index (κ3) is 5.20. The van der Waals surface area contributed by atoms with Crippen molar-refractivity contribution in [2.75, 3.05) is 6.61 Å². The van der Waals surface area contributed by atoms with Crippen molar-refractivity contribution in [2.45, 2.75) is 32.4 Å². The van der Waals surface area contributed by atoms with Crippen molar-refractivity contribution in [3.05, 3.63) is 70.8 Å². The number of hydrogen-bond acceptors (Lipinski definition) is 4. The largest absolute Gasteiger partial charge is 0.466 e. The monoisotopic (exact) mass is 313 g/mol. The van der Waals surface area contributed by atoms with Gasteiger partial charge < -0.3 is 15.6 Å². The van der Waals surface area contributed by atoms with Gasteiger partial charge in [-0.15, -0.1) is 0 Å². The molecule has 0 aliphatic heterocycles. The van der Waals surface area contributed by atoms with Crippen LogP contribution in [0.4, 0.5) is 0 Å². The van der Waals surface area contributed by atoms with E-state index in [-0.39, 0.29) is 5.97 Å². The highest BCUT2D eigenvalue weighted by Gasteiger charge is 2.10. The summed E-state index contributed by atoms with van der Waals surface area (Å²) in [6.07, 6.45) is 0.994. The van der Waals surface area contributed by atoms with E-state index in [1.54, 1.807) is 0 Å². The van der Waals surface area contributed by atoms with Gasteiger partial charge >= 0.3 is 5.97 Å². The standard InChI is InChI=1S/C19H23NO3/c1-14(21)23-12-2-3-15-4-8-17(9-5-15)19(22)18-10-6-16(13-20)7-11-18/h4-11,19,22H,2-3,12-13,20H2,1H3. The van der Waals surface area contributed by atoms with Crippen LogP contribution in [0.2, 0.25) is 0 Å². The highest BCUT2D eigenvalue weighted by molar-refractivity contribution is 5.65. The van der Waals surface area contributed by atoms with Gasteiger partial charge in [-0.25, -0.2) is 0 Å². The van der Waals surface area contributed by atoms with E-state index < -0.39 is 6.10 Å². The number of aliphatic hydroxyl groups excluding tert-OH is 1. The number of carbonyl (C=O) groups is 1. The minimum atomic E-state index is -0.642. The van der Waals surface area contributed by atoms with E-state index >= 15 is 0 Å². The lowest BCUT2D eigenvalue weighted by molar-refractivity contribution is -0.141. The molecule has 2 rings (SSSR count). The molecule has 0 saturated heterocycles. The van der Waals surface area contributed by atoms with Crippen LogP contribution in [-0.2, 0) is 22.5 Å². The third-order valence-electron chi connectivity index (χ3n) is 3.74. The summed E-state index contributed by atoms with van der Waals surface area (Å²) in [5.41, 5.74) is 9.49. The average molecular weight is 313 g/mol. The molecule has 4 nitrogen and oxygen atoms in total. The van der Waals surface area contributed by atoms with Crippen molar-refractivity contribution in [2.24, 2.45) is 5.73 Å². The zero-order valence-corrected chi connectivity index (χ0v) is 13.4. The van der Waals surface area contributed by atoms with Gasteiger partial charge in [0.1, 0.15) is 6.10 Å². The molecule has 0 aliphatic carbocycles. The molecule has 0 bridgehead atoms. The van der Waals surface area contributed by atoms with Crippen molar-refractivity contribution in [3.63, 3.8) is 0 Å². The van der Waals surface area contributed by atoms with Crippen LogP contribution < -0.4 is 5.73 Å². The first-order chi connectivity index (χ1) is 11.1. The van der Waals surface area contributed by atoms with Gasteiger partial charge in [0.25, 0.3) is 0 Å². The smallest absolute Gasteiger partial charge is 0.302 e. The Kier molecular flexibility index (Phi) is 6.32. The van der Waals surface area contributed by atoms with E-state index in [9.17, 15) is 9.90 Å². The molecule has 1 unspecified atom stereocenters. The minimum absolute atomic E-state index is 0.246. The first-order valence-electron chi connectivity index (χ1n) is 7.79.